The number of carbonyl (C=O) groups is 1. The minimum Gasteiger partial charge on any atom is -0.493 e. The molecule has 1 unspecified atom stereocenters. The fourth-order valence-corrected chi connectivity index (χ4v) is 6.75. The van der Waals surface area contributed by atoms with Crippen LogP contribution in [0.25, 0.3) is 0 Å². The number of rotatable bonds is 14. The number of hydrogen-bond donors (Lipinski definition) is 2. The van der Waals surface area contributed by atoms with Gasteiger partial charge < -0.3 is 14.2 Å². The summed E-state index contributed by atoms with van der Waals surface area (Å²) in [4.78, 5) is 16.1. The molecule has 10 heteroatoms. The standard InChI is InChI=1S/C30H36N2O7S/c1-37-28-16-15-27(19-29(28)39-24-14-13-23(18-24)38-25-11-7-17-31-21-25)40(35,36)26(20-30(33)32-34)12-6-5-10-22-8-3-2-4-9-22/h2-4,7-9,11,15-17,19,21,23-24,26,34H,5-6,10,12-14,18,20H2,1H3,(H,32,33)/t23-,24-,26?/m1/s1. The molecule has 1 aromatic heterocycles. The molecule has 0 radical (unpaired) electrons. The molecule has 0 aliphatic heterocycles. The molecule has 0 saturated heterocycles. The molecular weight excluding hydrogens is 532 g/mol. The number of methoxy groups -OCH3 is 1. The summed E-state index contributed by atoms with van der Waals surface area (Å²) < 4.78 is 45.1. The van der Waals surface area contributed by atoms with Gasteiger partial charge in [-0.05, 0) is 61.9 Å². The van der Waals surface area contributed by atoms with E-state index in [2.05, 4.69) is 4.98 Å². The zero-order valence-electron chi connectivity index (χ0n) is 22.6. The maximum Gasteiger partial charge on any atom is 0.244 e. The number of amides is 1. The van der Waals surface area contributed by atoms with E-state index in [1.807, 2.05) is 42.5 Å². The van der Waals surface area contributed by atoms with E-state index in [1.165, 1.54) is 24.8 Å². The monoisotopic (exact) mass is 568 g/mol. The van der Waals surface area contributed by atoms with E-state index >= 15 is 0 Å². The minimum atomic E-state index is -3.92. The van der Waals surface area contributed by atoms with Crippen LogP contribution in [0, 0.1) is 0 Å². The van der Waals surface area contributed by atoms with Crippen molar-refractivity contribution in [2.75, 3.05) is 7.11 Å². The lowest BCUT2D eigenvalue weighted by Gasteiger charge is -2.20. The number of unbranched alkanes of at least 4 members (excludes halogenated alkanes) is 1. The highest BCUT2D eigenvalue weighted by Gasteiger charge is 2.32. The normalized spacial score (nSPS) is 17.6. The van der Waals surface area contributed by atoms with Gasteiger partial charge in [-0.1, -0.05) is 36.8 Å². The third-order valence-corrected chi connectivity index (χ3v) is 9.28. The Morgan fingerprint density at radius 2 is 1.80 bits per heavy atom. The van der Waals surface area contributed by atoms with Crippen molar-refractivity contribution >= 4 is 15.7 Å². The van der Waals surface area contributed by atoms with Crippen molar-refractivity contribution < 1.29 is 32.6 Å². The molecular formula is C30H36N2O7S. The van der Waals surface area contributed by atoms with Crippen LogP contribution in [-0.4, -0.2) is 49.1 Å². The molecule has 1 aliphatic rings. The van der Waals surface area contributed by atoms with Crippen LogP contribution in [0.2, 0.25) is 0 Å². The average molecular weight is 569 g/mol. The molecule has 1 amide bonds. The maximum absolute atomic E-state index is 13.7. The van der Waals surface area contributed by atoms with Crippen LogP contribution in [-0.2, 0) is 21.1 Å². The summed E-state index contributed by atoms with van der Waals surface area (Å²) in [5.41, 5.74) is 2.74. The van der Waals surface area contributed by atoms with Crippen molar-refractivity contribution in [1.29, 1.82) is 0 Å². The molecule has 40 heavy (non-hydrogen) atoms. The van der Waals surface area contributed by atoms with E-state index in [9.17, 15) is 13.2 Å². The first-order valence-corrected chi connectivity index (χ1v) is 15.1. The Labute approximate surface area is 235 Å². The summed E-state index contributed by atoms with van der Waals surface area (Å²) in [5, 5.41) is 8.08. The fraction of sp³-hybridized carbons (Fsp3) is 0.400. The number of nitrogens with one attached hydrogen (secondary N) is 1. The van der Waals surface area contributed by atoms with Crippen molar-refractivity contribution in [3.63, 3.8) is 0 Å². The third-order valence-electron chi connectivity index (χ3n) is 7.09. The SMILES string of the molecule is COc1ccc(S(=O)(=O)C(CCCCc2ccccc2)CC(=O)NO)cc1O[C@@H]1CC[C@@H](Oc2cccnc2)C1. The molecule has 1 aliphatic carbocycles. The lowest BCUT2D eigenvalue weighted by Crippen LogP contribution is -2.30. The van der Waals surface area contributed by atoms with Gasteiger partial charge in [0, 0.05) is 25.1 Å². The van der Waals surface area contributed by atoms with Gasteiger partial charge in [-0.15, -0.1) is 0 Å². The molecule has 0 bridgehead atoms. The molecule has 0 spiro atoms. The van der Waals surface area contributed by atoms with E-state index in [0.717, 1.165) is 25.7 Å². The number of benzene rings is 2. The van der Waals surface area contributed by atoms with E-state index in [-0.39, 0.29) is 29.9 Å². The highest BCUT2D eigenvalue weighted by Crippen LogP contribution is 2.36. The first kappa shape index (κ1) is 29.4. The summed E-state index contributed by atoms with van der Waals surface area (Å²) in [6.07, 6.45) is 7.44. The largest absolute Gasteiger partial charge is 0.493 e. The molecule has 1 saturated carbocycles. The lowest BCUT2D eigenvalue weighted by molar-refractivity contribution is -0.129. The summed E-state index contributed by atoms with van der Waals surface area (Å²) in [6, 6.07) is 18.1. The van der Waals surface area contributed by atoms with Crippen molar-refractivity contribution in [2.45, 2.75) is 73.7 Å². The quantitative estimate of drug-likeness (QED) is 0.160. The molecule has 2 aromatic carbocycles. The van der Waals surface area contributed by atoms with Crippen LogP contribution in [0.5, 0.6) is 17.2 Å². The van der Waals surface area contributed by atoms with Gasteiger partial charge in [0.05, 0.1) is 23.5 Å². The first-order chi connectivity index (χ1) is 19.4. The Hall–Kier alpha value is -3.63. The lowest BCUT2D eigenvalue weighted by atomic mass is 10.1. The van der Waals surface area contributed by atoms with Crippen LogP contribution in [0.4, 0.5) is 0 Å². The number of ether oxygens (including phenoxy) is 3. The number of nitrogens with zero attached hydrogens (tertiary/aromatic N) is 1. The van der Waals surface area contributed by atoms with Gasteiger partial charge in [-0.3, -0.25) is 15.0 Å². The molecule has 4 rings (SSSR count). The second-order valence-corrected chi connectivity index (χ2v) is 12.2. The van der Waals surface area contributed by atoms with E-state index in [0.29, 0.717) is 30.1 Å². The van der Waals surface area contributed by atoms with E-state index < -0.39 is 21.0 Å². The van der Waals surface area contributed by atoms with E-state index in [1.54, 1.807) is 23.9 Å². The average Bonchev–Trinajstić information content (AvgIpc) is 3.41. The molecule has 2 N–H and O–H groups in total. The van der Waals surface area contributed by atoms with E-state index in [4.69, 9.17) is 19.4 Å². The van der Waals surface area contributed by atoms with Crippen molar-refractivity contribution in [1.82, 2.24) is 10.5 Å². The zero-order chi connectivity index (χ0) is 28.4. The van der Waals surface area contributed by atoms with Gasteiger partial charge in [-0.2, -0.15) is 0 Å². The Balaban J connectivity index is 1.44. The van der Waals surface area contributed by atoms with Crippen molar-refractivity contribution in [3.05, 3.63) is 78.6 Å². The minimum absolute atomic E-state index is 0.0376. The topological polar surface area (TPSA) is 124 Å². The van der Waals surface area contributed by atoms with Crippen LogP contribution in [0.3, 0.4) is 0 Å². The number of aromatic nitrogens is 1. The fourth-order valence-electron chi connectivity index (χ4n) is 4.99. The van der Waals surface area contributed by atoms with Gasteiger partial charge in [0.15, 0.2) is 21.3 Å². The predicted octanol–water partition coefficient (Wildman–Crippen LogP) is 4.92. The Bertz CT molecular complexity index is 1340. The van der Waals surface area contributed by atoms with Crippen LogP contribution >= 0.6 is 0 Å². The Morgan fingerprint density at radius 1 is 1.02 bits per heavy atom. The summed E-state index contributed by atoms with van der Waals surface area (Å²) >= 11 is 0. The molecule has 9 nitrogen and oxygen atoms in total. The molecule has 1 fully saturated rings. The molecule has 3 aromatic rings. The van der Waals surface area contributed by atoms with Gasteiger partial charge in [-0.25, -0.2) is 13.9 Å². The van der Waals surface area contributed by atoms with Gasteiger partial charge >= 0.3 is 0 Å². The maximum atomic E-state index is 13.7. The Morgan fingerprint density at radius 3 is 2.50 bits per heavy atom. The second-order valence-electron chi connectivity index (χ2n) is 9.93. The molecule has 1 heterocycles. The van der Waals surface area contributed by atoms with Gasteiger partial charge in [0.2, 0.25) is 5.91 Å². The number of aryl methyl sites for hydroxylation is 1. The number of pyridine rings is 1. The molecule has 3 atom stereocenters. The second kappa shape index (κ2) is 14.1. The highest BCUT2D eigenvalue weighted by atomic mass is 32.2. The van der Waals surface area contributed by atoms with Gasteiger partial charge in [0.25, 0.3) is 0 Å². The van der Waals surface area contributed by atoms with Crippen LogP contribution in [0.1, 0.15) is 50.5 Å². The third kappa shape index (κ3) is 7.95. The summed E-state index contributed by atoms with van der Waals surface area (Å²) in [5.74, 6) is 0.695. The predicted molar refractivity (Wildman–Crippen MR) is 149 cm³/mol. The zero-order valence-corrected chi connectivity index (χ0v) is 23.4. The number of carbonyl (C=O) groups excluding carboxylic acids is 1. The van der Waals surface area contributed by atoms with Gasteiger partial charge in [0.1, 0.15) is 18.0 Å². The number of sulfone groups is 1. The van der Waals surface area contributed by atoms with Crippen LogP contribution in [0.15, 0.2) is 78.0 Å². The molecule has 214 valence electrons. The van der Waals surface area contributed by atoms with Crippen molar-refractivity contribution in [2.24, 2.45) is 0 Å². The first-order valence-electron chi connectivity index (χ1n) is 13.5. The highest BCUT2D eigenvalue weighted by molar-refractivity contribution is 7.92. The summed E-state index contributed by atoms with van der Waals surface area (Å²) in [7, 11) is -2.42. The van der Waals surface area contributed by atoms with Crippen molar-refractivity contribution in [3.8, 4) is 17.2 Å². The summed E-state index contributed by atoms with van der Waals surface area (Å²) in [6.45, 7) is 0. The number of hydrogen-bond acceptors (Lipinski definition) is 8. The smallest absolute Gasteiger partial charge is 0.244 e. The Kier molecular flexibility index (Phi) is 10.4. The number of hydroxylamine groups is 1. The van der Waals surface area contributed by atoms with Crippen LogP contribution < -0.4 is 19.7 Å².